The van der Waals surface area contributed by atoms with Gasteiger partial charge in [-0.05, 0) is 35.7 Å². The summed E-state index contributed by atoms with van der Waals surface area (Å²) in [6, 6.07) is 16.5. The maximum Gasteiger partial charge on any atom is 0.271 e. The van der Waals surface area contributed by atoms with Crippen LogP contribution in [0.2, 0.25) is 10.0 Å². The molecule has 1 atom stereocenters. The molecule has 1 N–H and O–H groups in total. The van der Waals surface area contributed by atoms with Gasteiger partial charge in [0.25, 0.3) is 5.69 Å². The third-order valence-electron chi connectivity index (χ3n) is 6.22. The van der Waals surface area contributed by atoms with Crippen molar-refractivity contribution in [2.45, 2.75) is 25.9 Å². The normalized spacial score (nSPS) is 11.9. The molecule has 0 fully saturated rings. The molecule has 0 aromatic heterocycles. The number of sulfonamides is 1. The lowest BCUT2D eigenvalue weighted by Crippen LogP contribution is -2.53. The van der Waals surface area contributed by atoms with E-state index in [4.69, 9.17) is 23.2 Å². The van der Waals surface area contributed by atoms with Gasteiger partial charge in [-0.25, -0.2) is 8.42 Å². The van der Waals surface area contributed by atoms with Crippen LogP contribution in [0.25, 0.3) is 0 Å². The summed E-state index contributed by atoms with van der Waals surface area (Å²) in [6.45, 7) is 0.731. The molecular weight excluding hydrogens is 579 g/mol. The quantitative estimate of drug-likeness (QED) is 0.255. The molecule has 0 aliphatic carbocycles. The standard InChI is InChI=1S/C27H28Cl2N4O6S/c1-18-9-12-22(33(36)37)15-24(18)32(40(3,38)39)17-26(34)31(16-20-10-11-21(28)14-23(20)29)25(27(35)30-2)13-19-7-5-4-6-8-19/h4-12,14-15,25H,13,16-17H2,1-3H3,(H,30,35)/t25-/m0/s1. The number of carbonyl (C=O) groups excluding carboxylic acids is 2. The summed E-state index contributed by atoms with van der Waals surface area (Å²) >= 11 is 12.5. The largest absolute Gasteiger partial charge is 0.357 e. The monoisotopic (exact) mass is 606 g/mol. The molecule has 0 radical (unpaired) electrons. The first-order chi connectivity index (χ1) is 18.8. The molecule has 13 heteroatoms. The molecule has 0 saturated heterocycles. The molecule has 0 saturated carbocycles. The summed E-state index contributed by atoms with van der Waals surface area (Å²) in [5.41, 5.74) is 1.31. The van der Waals surface area contributed by atoms with Gasteiger partial charge < -0.3 is 10.2 Å². The van der Waals surface area contributed by atoms with Crippen LogP contribution in [0, 0.1) is 17.0 Å². The minimum absolute atomic E-state index is 0.0194. The van der Waals surface area contributed by atoms with Gasteiger partial charge in [-0.1, -0.05) is 65.7 Å². The van der Waals surface area contributed by atoms with Crippen molar-refractivity contribution >= 4 is 56.4 Å². The molecule has 0 aliphatic heterocycles. The maximum atomic E-state index is 14.0. The van der Waals surface area contributed by atoms with Crippen LogP contribution in [-0.4, -0.2) is 55.9 Å². The van der Waals surface area contributed by atoms with Crippen molar-refractivity contribution < 1.29 is 22.9 Å². The molecule has 40 heavy (non-hydrogen) atoms. The van der Waals surface area contributed by atoms with E-state index in [0.717, 1.165) is 22.2 Å². The molecule has 3 aromatic carbocycles. The zero-order chi connectivity index (χ0) is 29.6. The number of anilines is 1. The minimum atomic E-state index is -4.09. The highest BCUT2D eigenvalue weighted by Crippen LogP contribution is 2.29. The van der Waals surface area contributed by atoms with Gasteiger partial charge in [0.2, 0.25) is 21.8 Å². The van der Waals surface area contributed by atoms with Crippen molar-refractivity contribution in [2.24, 2.45) is 0 Å². The SMILES string of the molecule is CNC(=O)[C@H](Cc1ccccc1)N(Cc1ccc(Cl)cc1Cl)C(=O)CN(c1cc([N+](=O)[O-])ccc1C)S(C)(=O)=O. The Labute approximate surface area is 242 Å². The molecule has 212 valence electrons. The Morgan fingerprint density at radius 2 is 1.73 bits per heavy atom. The predicted octanol–water partition coefficient (Wildman–Crippen LogP) is 4.36. The molecule has 0 aliphatic rings. The van der Waals surface area contributed by atoms with Crippen LogP contribution in [0.15, 0.2) is 66.7 Å². The summed E-state index contributed by atoms with van der Waals surface area (Å²) in [5, 5.41) is 14.6. The van der Waals surface area contributed by atoms with E-state index in [9.17, 15) is 28.1 Å². The molecule has 0 heterocycles. The highest BCUT2D eigenvalue weighted by molar-refractivity contribution is 7.92. The number of nitrogens with one attached hydrogen (secondary N) is 1. The van der Waals surface area contributed by atoms with Crippen molar-refractivity contribution in [1.29, 1.82) is 0 Å². The van der Waals surface area contributed by atoms with Gasteiger partial charge in [-0.15, -0.1) is 0 Å². The number of halogens is 2. The van der Waals surface area contributed by atoms with E-state index in [2.05, 4.69) is 5.32 Å². The van der Waals surface area contributed by atoms with Crippen molar-refractivity contribution in [3.05, 3.63) is 104 Å². The van der Waals surface area contributed by atoms with Crippen LogP contribution < -0.4 is 9.62 Å². The smallest absolute Gasteiger partial charge is 0.271 e. The number of nitro groups is 1. The number of benzene rings is 3. The fourth-order valence-corrected chi connectivity index (χ4v) is 5.50. The van der Waals surface area contributed by atoms with Crippen molar-refractivity contribution in [3.63, 3.8) is 0 Å². The highest BCUT2D eigenvalue weighted by atomic mass is 35.5. The van der Waals surface area contributed by atoms with E-state index in [0.29, 0.717) is 16.1 Å². The van der Waals surface area contributed by atoms with E-state index < -0.39 is 39.3 Å². The van der Waals surface area contributed by atoms with Crippen LogP contribution in [0.1, 0.15) is 16.7 Å². The average molecular weight is 608 g/mol. The molecule has 0 spiro atoms. The first-order valence-corrected chi connectivity index (χ1v) is 14.6. The fourth-order valence-electron chi connectivity index (χ4n) is 4.13. The molecule has 0 bridgehead atoms. The Balaban J connectivity index is 2.10. The van der Waals surface area contributed by atoms with Crippen LogP contribution in [0.3, 0.4) is 0 Å². The lowest BCUT2D eigenvalue weighted by atomic mass is 10.0. The minimum Gasteiger partial charge on any atom is -0.357 e. The number of aryl methyl sites for hydroxylation is 1. The predicted molar refractivity (Wildman–Crippen MR) is 155 cm³/mol. The zero-order valence-electron chi connectivity index (χ0n) is 22.0. The van der Waals surface area contributed by atoms with E-state index in [1.807, 2.05) is 18.2 Å². The summed E-state index contributed by atoms with van der Waals surface area (Å²) in [5.74, 6) is -1.19. The zero-order valence-corrected chi connectivity index (χ0v) is 24.3. The number of nitro benzene ring substituents is 1. The summed E-state index contributed by atoms with van der Waals surface area (Å²) in [7, 11) is -2.65. The second-order valence-electron chi connectivity index (χ2n) is 9.07. The third kappa shape index (κ3) is 7.71. The first-order valence-electron chi connectivity index (χ1n) is 12.0. The van der Waals surface area contributed by atoms with Crippen LogP contribution in [0.4, 0.5) is 11.4 Å². The second kappa shape index (κ2) is 13.1. The summed E-state index contributed by atoms with van der Waals surface area (Å²) in [4.78, 5) is 39.1. The van der Waals surface area contributed by atoms with E-state index in [-0.39, 0.29) is 29.4 Å². The number of rotatable bonds is 11. The molecular formula is C27H28Cl2N4O6S. The third-order valence-corrected chi connectivity index (χ3v) is 7.94. The van der Waals surface area contributed by atoms with Gasteiger partial charge in [-0.3, -0.25) is 24.0 Å². The number of carbonyl (C=O) groups is 2. The second-order valence-corrected chi connectivity index (χ2v) is 11.8. The van der Waals surface area contributed by atoms with Gasteiger partial charge in [0.05, 0.1) is 16.9 Å². The number of likely N-dealkylation sites (N-methyl/N-ethyl adjacent to an activating group) is 1. The fraction of sp³-hybridized carbons (Fsp3) is 0.259. The Kier molecular flexibility index (Phi) is 10.1. The van der Waals surface area contributed by atoms with Gasteiger partial charge in [0, 0.05) is 42.2 Å². The number of amides is 2. The Morgan fingerprint density at radius 1 is 1.05 bits per heavy atom. The van der Waals surface area contributed by atoms with Gasteiger partial charge in [0.1, 0.15) is 12.6 Å². The first kappa shape index (κ1) is 30.9. The molecule has 2 amide bonds. The lowest BCUT2D eigenvalue weighted by Gasteiger charge is -2.33. The molecule has 10 nitrogen and oxygen atoms in total. The Bertz CT molecular complexity index is 1520. The highest BCUT2D eigenvalue weighted by Gasteiger charge is 2.33. The summed E-state index contributed by atoms with van der Waals surface area (Å²) < 4.78 is 26.6. The van der Waals surface area contributed by atoms with E-state index in [1.54, 1.807) is 31.2 Å². The van der Waals surface area contributed by atoms with Crippen molar-refractivity contribution in [3.8, 4) is 0 Å². The maximum absolute atomic E-state index is 14.0. The van der Waals surface area contributed by atoms with E-state index >= 15 is 0 Å². The number of non-ortho nitro benzene ring substituents is 1. The number of hydrogen-bond acceptors (Lipinski definition) is 6. The van der Waals surface area contributed by atoms with Crippen LogP contribution in [0.5, 0.6) is 0 Å². The topological polar surface area (TPSA) is 130 Å². The van der Waals surface area contributed by atoms with Crippen LogP contribution >= 0.6 is 23.2 Å². The Hall–Kier alpha value is -3.67. The van der Waals surface area contributed by atoms with E-state index in [1.165, 1.54) is 30.1 Å². The number of hydrogen-bond donors (Lipinski definition) is 1. The molecule has 0 unspecified atom stereocenters. The van der Waals surface area contributed by atoms with Gasteiger partial charge in [0.15, 0.2) is 0 Å². The summed E-state index contributed by atoms with van der Waals surface area (Å²) in [6.07, 6.45) is 1.03. The van der Waals surface area contributed by atoms with Gasteiger partial charge in [-0.2, -0.15) is 0 Å². The molecule has 3 aromatic rings. The van der Waals surface area contributed by atoms with Crippen LogP contribution in [-0.2, 0) is 32.6 Å². The number of nitrogens with zero attached hydrogens (tertiary/aromatic N) is 3. The van der Waals surface area contributed by atoms with Gasteiger partial charge >= 0.3 is 0 Å². The Morgan fingerprint density at radius 3 is 2.30 bits per heavy atom. The molecule has 3 rings (SSSR count). The van der Waals surface area contributed by atoms with Crippen molar-refractivity contribution in [1.82, 2.24) is 10.2 Å². The van der Waals surface area contributed by atoms with Crippen molar-refractivity contribution in [2.75, 3.05) is 24.2 Å². The lowest BCUT2D eigenvalue weighted by molar-refractivity contribution is -0.384. The average Bonchev–Trinajstić information content (AvgIpc) is 2.90.